The minimum Gasteiger partial charge on any atom is -0.439 e. The SMILES string of the molecule is CC(=O)OCOC(O)(C(O)C(=O)C(C)(C)C)C(O)C(=O)C(C)(C)C. The average molecular weight is 348 g/mol. The Labute approximate surface area is 141 Å². The van der Waals surface area contributed by atoms with Crippen molar-refractivity contribution in [2.45, 2.75) is 66.5 Å². The van der Waals surface area contributed by atoms with Crippen LogP contribution in [0.5, 0.6) is 0 Å². The first-order chi connectivity index (χ1) is 10.5. The highest BCUT2D eigenvalue weighted by Crippen LogP contribution is 2.30. The number of hydrogen-bond donors (Lipinski definition) is 3. The summed E-state index contributed by atoms with van der Waals surface area (Å²) >= 11 is 0. The molecule has 0 rings (SSSR count). The Hall–Kier alpha value is -1.35. The summed E-state index contributed by atoms with van der Waals surface area (Å²) in [5.41, 5.74) is -2.16. The van der Waals surface area contributed by atoms with Gasteiger partial charge in [0, 0.05) is 17.8 Å². The highest BCUT2D eigenvalue weighted by atomic mass is 16.7. The topological polar surface area (TPSA) is 130 Å². The van der Waals surface area contributed by atoms with E-state index in [9.17, 15) is 29.7 Å². The number of esters is 1. The maximum absolute atomic E-state index is 12.3. The van der Waals surface area contributed by atoms with Gasteiger partial charge in [-0.25, -0.2) is 0 Å². The Morgan fingerprint density at radius 3 is 1.46 bits per heavy atom. The molecule has 0 aliphatic carbocycles. The lowest BCUT2D eigenvalue weighted by atomic mass is 9.79. The fourth-order valence-corrected chi connectivity index (χ4v) is 1.71. The van der Waals surface area contributed by atoms with Crippen LogP contribution in [0, 0.1) is 10.8 Å². The molecular formula is C16H28O8. The highest BCUT2D eigenvalue weighted by molar-refractivity contribution is 5.92. The van der Waals surface area contributed by atoms with E-state index in [1.54, 1.807) is 0 Å². The van der Waals surface area contributed by atoms with Gasteiger partial charge in [-0.05, 0) is 0 Å². The fraction of sp³-hybridized carbons (Fsp3) is 0.812. The van der Waals surface area contributed by atoms with Gasteiger partial charge in [-0.3, -0.25) is 14.4 Å². The van der Waals surface area contributed by atoms with E-state index in [1.165, 1.54) is 41.5 Å². The second kappa shape index (κ2) is 7.69. The van der Waals surface area contributed by atoms with Gasteiger partial charge in [0.15, 0.2) is 30.6 Å². The third-order valence-electron chi connectivity index (χ3n) is 3.31. The van der Waals surface area contributed by atoms with Crippen molar-refractivity contribution in [1.29, 1.82) is 0 Å². The molecule has 2 unspecified atom stereocenters. The maximum atomic E-state index is 12.3. The highest BCUT2D eigenvalue weighted by Gasteiger charge is 2.54. The molecule has 0 aliphatic heterocycles. The predicted octanol–water partition coefficient (Wildman–Crippen LogP) is 0.164. The number of carbonyl (C=O) groups is 3. The summed E-state index contributed by atoms with van der Waals surface area (Å²) in [5.74, 6) is -5.41. The molecule has 8 heteroatoms. The van der Waals surface area contributed by atoms with Gasteiger partial charge >= 0.3 is 5.97 Å². The van der Waals surface area contributed by atoms with E-state index in [0.29, 0.717) is 0 Å². The monoisotopic (exact) mass is 348 g/mol. The van der Waals surface area contributed by atoms with E-state index in [1.807, 2.05) is 0 Å². The summed E-state index contributed by atoms with van der Waals surface area (Å²) in [7, 11) is 0. The lowest BCUT2D eigenvalue weighted by molar-refractivity contribution is -0.309. The average Bonchev–Trinajstić information content (AvgIpc) is 2.41. The standard InChI is InChI=1S/C16H28O8/c1-9(17)23-8-24-16(22,12(20)10(18)14(2,3)4)13(21)11(19)15(5,6)7/h12-13,20-22H,8H2,1-7H3. The van der Waals surface area contributed by atoms with Crippen molar-refractivity contribution in [2.24, 2.45) is 10.8 Å². The molecule has 2 atom stereocenters. The van der Waals surface area contributed by atoms with E-state index in [-0.39, 0.29) is 0 Å². The van der Waals surface area contributed by atoms with Crippen LogP contribution in [0.4, 0.5) is 0 Å². The second-order valence-corrected chi connectivity index (χ2v) is 7.68. The first-order valence-electron chi connectivity index (χ1n) is 7.49. The number of carbonyl (C=O) groups excluding carboxylic acids is 3. The number of ether oxygens (including phenoxy) is 2. The summed E-state index contributed by atoms with van der Waals surface area (Å²) < 4.78 is 9.37. The number of aliphatic hydroxyl groups is 3. The fourth-order valence-electron chi connectivity index (χ4n) is 1.71. The third-order valence-corrected chi connectivity index (χ3v) is 3.31. The summed E-state index contributed by atoms with van der Waals surface area (Å²) in [6.07, 6.45) is -4.45. The summed E-state index contributed by atoms with van der Waals surface area (Å²) in [6, 6.07) is 0. The van der Waals surface area contributed by atoms with Crippen LogP contribution in [0.3, 0.4) is 0 Å². The predicted molar refractivity (Wildman–Crippen MR) is 83.6 cm³/mol. The van der Waals surface area contributed by atoms with E-state index < -0.39 is 53.2 Å². The van der Waals surface area contributed by atoms with Crippen LogP contribution >= 0.6 is 0 Å². The maximum Gasteiger partial charge on any atom is 0.304 e. The van der Waals surface area contributed by atoms with E-state index in [0.717, 1.165) is 6.92 Å². The van der Waals surface area contributed by atoms with Crippen molar-refractivity contribution < 1.29 is 39.2 Å². The Balaban J connectivity index is 5.70. The molecule has 24 heavy (non-hydrogen) atoms. The van der Waals surface area contributed by atoms with Gasteiger partial charge in [0.25, 0.3) is 0 Å². The largest absolute Gasteiger partial charge is 0.439 e. The zero-order valence-corrected chi connectivity index (χ0v) is 15.2. The molecule has 0 aromatic rings. The van der Waals surface area contributed by atoms with Gasteiger partial charge in [0.05, 0.1) is 0 Å². The summed E-state index contributed by atoms with van der Waals surface area (Å²) in [6.45, 7) is 9.16. The molecule has 0 aromatic carbocycles. The van der Waals surface area contributed by atoms with Crippen molar-refractivity contribution in [3.05, 3.63) is 0 Å². The molecule has 0 aliphatic rings. The van der Waals surface area contributed by atoms with Crippen LogP contribution in [0.25, 0.3) is 0 Å². The number of ketones is 2. The molecule has 0 amide bonds. The summed E-state index contributed by atoms with van der Waals surface area (Å²) in [5, 5.41) is 31.1. The number of hydrogen-bond acceptors (Lipinski definition) is 8. The molecule has 0 spiro atoms. The van der Waals surface area contributed by atoms with E-state index in [4.69, 9.17) is 4.74 Å². The molecule has 0 fully saturated rings. The van der Waals surface area contributed by atoms with Crippen LogP contribution in [0.15, 0.2) is 0 Å². The van der Waals surface area contributed by atoms with Gasteiger partial charge in [0.2, 0.25) is 5.79 Å². The van der Waals surface area contributed by atoms with Crippen molar-refractivity contribution in [2.75, 3.05) is 6.79 Å². The minimum absolute atomic E-state index is 0.745. The zero-order valence-electron chi connectivity index (χ0n) is 15.2. The second-order valence-electron chi connectivity index (χ2n) is 7.68. The van der Waals surface area contributed by atoms with Crippen LogP contribution < -0.4 is 0 Å². The number of aliphatic hydroxyl groups excluding tert-OH is 2. The van der Waals surface area contributed by atoms with Gasteiger partial charge in [-0.15, -0.1) is 0 Å². The van der Waals surface area contributed by atoms with Gasteiger partial charge in [-0.2, -0.15) is 0 Å². The molecular weight excluding hydrogens is 320 g/mol. The van der Waals surface area contributed by atoms with Crippen LogP contribution in [-0.4, -0.2) is 57.6 Å². The lowest BCUT2D eigenvalue weighted by Crippen LogP contribution is -2.63. The molecule has 0 heterocycles. The molecule has 0 saturated carbocycles. The molecule has 140 valence electrons. The Kier molecular flexibility index (Phi) is 7.26. The van der Waals surface area contributed by atoms with Crippen molar-refractivity contribution >= 4 is 17.5 Å². The molecule has 0 aromatic heterocycles. The van der Waals surface area contributed by atoms with Crippen molar-refractivity contribution in [3.63, 3.8) is 0 Å². The quantitative estimate of drug-likeness (QED) is 0.438. The Morgan fingerprint density at radius 2 is 1.21 bits per heavy atom. The molecule has 0 saturated heterocycles. The Bertz CT molecular complexity index is 451. The lowest BCUT2D eigenvalue weighted by Gasteiger charge is -2.38. The van der Waals surface area contributed by atoms with E-state index >= 15 is 0 Å². The van der Waals surface area contributed by atoms with E-state index in [2.05, 4.69) is 4.74 Å². The minimum atomic E-state index is -2.95. The number of rotatable bonds is 7. The molecule has 8 nitrogen and oxygen atoms in total. The normalized spacial score (nSPS) is 17.6. The van der Waals surface area contributed by atoms with Crippen molar-refractivity contribution in [3.8, 4) is 0 Å². The third kappa shape index (κ3) is 5.62. The molecule has 0 bridgehead atoms. The Morgan fingerprint density at radius 1 is 0.875 bits per heavy atom. The first kappa shape index (κ1) is 22.6. The number of Topliss-reactive ketones (excluding diaryl/α,β-unsaturated/α-hetero) is 2. The zero-order chi connectivity index (χ0) is 19.5. The van der Waals surface area contributed by atoms with Crippen molar-refractivity contribution in [1.82, 2.24) is 0 Å². The molecule has 0 radical (unpaired) electrons. The van der Waals surface area contributed by atoms with Gasteiger partial charge in [0.1, 0.15) is 0 Å². The summed E-state index contributed by atoms with van der Waals surface area (Å²) in [4.78, 5) is 35.3. The smallest absolute Gasteiger partial charge is 0.304 e. The van der Waals surface area contributed by atoms with Crippen LogP contribution in [-0.2, 0) is 23.9 Å². The van der Waals surface area contributed by atoms with Gasteiger partial charge < -0.3 is 24.8 Å². The van der Waals surface area contributed by atoms with Crippen LogP contribution in [0.1, 0.15) is 48.5 Å². The molecule has 3 N–H and O–H groups in total. The van der Waals surface area contributed by atoms with Crippen LogP contribution in [0.2, 0.25) is 0 Å². The first-order valence-corrected chi connectivity index (χ1v) is 7.49. The van der Waals surface area contributed by atoms with Gasteiger partial charge in [-0.1, -0.05) is 41.5 Å².